The standard InChI is InChI=1S/C11H24N2O2/c1-5-9(2)15-8-6-7-11(3,13-4)10(12)14/h9,13H,5-8H2,1-4H3,(H2,12,14). The number of carbonyl (C=O) groups excluding carboxylic acids is 1. The fourth-order valence-electron chi connectivity index (χ4n) is 1.20. The summed E-state index contributed by atoms with van der Waals surface area (Å²) in [5, 5.41) is 2.95. The Bertz CT molecular complexity index is 197. The maximum Gasteiger partial charge on any atom is 0.237 e. The van der Waals surface area contributed by atoms with Gasteiger partial charge in [-0.25, -0.2) is 0 Å². The second-order valence-corrected chi connectivity index (χ2v) is 4.14. The molecular formula is C11H24N2O2. The molecule has 4 heteroatoms. The second-order valence-electron chi connectivity index (χ2n) is 4.14. The quantitative estimate of drug-likeness (QED) is 0.596. The minimum absolute atomic E-state index is 0.291. The molecule has 4 nitrogen and oxygen atoms in total. The number of likely N-dealkylation sites (N-methyl/N-ethyl adjacent to an activating group) is 1. The molecule has 2 unspecified atom stereocenters. The van der Waals surface area contributed by atoms with E-state index in [9.17, 15) is 4.79 Å². The first-order chi connectivity index (χ1) is 6.96. The number of carbonyl (C=O) groups is 1. The van der Waals surface area contributed by atoms with Gasteiger partial charge in [0.1, 0.15) is 0 Å². The number of hydrogen-bond acceptors (Lipinski definition) is 3. The van der Waals surface area contributed by atoms with Crippen molar-refractivity contribution in [2.75, 3.05) is 13.7 Å². The number of hydrogen-bond donors (Lipinski definition) is 2. The summed E-state index contributed by atoms with van der Waals surface area (Å²) in [5.74, 6) is -0.312. The molecule has 0 saturated heterocycles. The third kappa shape index (κ3) is 5.14. The Hall–Kier alpha value is -0.610. The number of nitrogens with one attached hydrogen (secondary N) is 1. The number of ether oxygens (including phenoxy) is 1. The van der Waals surface area contributed by atoms with E-state index >= 15 is 0 Å². The summed E-state index contributed by atoms with van der Waals surface area (Å²) >= 11 is 0. The van der Waals surface area contributed by atoms with E-state index in [4.69, 9.17) is 10.5 Å². The zero-order valence-electron chi connectivity index (χ0n) is 10.3. The number of nitrogens with two attached hydrogens (primary N) is 1. The van der Waals surface area contributed by atoms with E-state index in [1.165, 1.54) is 0 Å². The lowest BCUT2D eigenvalue weighted by Gasteiger charge is -2.25. The van der Waals surface area contributed by atoms with Gasteiger partial charge in [-0.15, -0.1) is 0 Å². The third-order valence-electron chi connectivity index (χ3n) is 2.89. The summed E-state index contributed by atoms with van der Waals surface area (Å²) in [6.45, 7) is 6.63. The molecule has 2 atom stereocenters. The van der Waals surface area contributed by atoms with Gasteiger partial charge >= 0.3 is 0 Å². The summed E-state index contributed by atoms with van der Waals surface area (Å²) in [6.07, 6.45) is 2.85. The van der Waals surface area contributed by atoms with Crippen LogP contribution in [0.2, 0.25) is 0 Å². The lowest BCUT2D eigenvalue weighted by atomic mass is 9.95. The number of primary amides is 1. The highest BCUT2D eigenvalue weighted by atomic mass is 16.5. The molecule has 0 radical (unpaired) electrons. The number of rotatable bonds is 8. The second kappa shape index (κ2) is 6.80. The summed E-state index contributed by atoms with van der Waals surface area (Å²) in [6, 6.07) is 0. The van der Waals surface area contributed by atoms with Gasteiger partial charge in [-0.1, -0.05) is 6.92 Å². The van der Waals surface area contributed by atoms with E-state index in [-0.39, 0.29) is 5.91 Å². The highest BCUT2D eigenvalue weighted by molar-refractivity contribution is 5.84. The molecule has 1 amide bonds. The Morgan fingerprint density at radius 2 is 2.20 bits per heavy atom. The van der Waals surface area contributed by atoms with Crippen molar-refractivity contribution < 1.29 is 9.53 Å². The molecule has 0 aliphatic carbocycles. The van der Waals surface area contributed by atoms with E-state index < -0.39 is 5.54 Å². The van der Waals surface area contributed by atoms with E-state index in [0.717, 1.165) is 12.8 Å². The van der Waals surface area contributed by atoms with Crippen LogP contribution >= 0.6 is 0 Å². The minimum Gasteiger partial charge on any atom is -0.379 e. The van der Waals surface area contributed by atoms with Crippen molar-refractivity contribution in [2.24, 2.45) is 5.73 Å². The van der Waals surface area contributed by atoms with Crippen molar-refractivity contribution in [2.45, 2.75) is 51.7 Å². The SMILES string of the molecule is CCC(C)OCCCC(C)(NC)C(N)=O. The largest absolute Gasteiger partial charge is 0.379 e. The van der Waals surface area contributed by atoms with Crippen molar-refractivity contribution in [1.29, 1.82) is 0 Å². The van der Waals surface area contributed by atoms with Gasteiger partial charge in [0.2, 0.25) is 5.91 Å². The minimum atomic E-state index is -0.612. The van der Waals surface area contributed by atoms with Crippen LogP contribution in [0.3, 0.4) is 0 Å². The predicted octanol–water partition coefficient (Wildman–Crippen LogP) is 1.05. The Balaban J connectivity index is 3.78. The van der Waals surface area contributed by atoms with Gasteiger partial charge in [-0.05, 0) is 40.2 Å². The fourth-order valence-corrected chi connectivity index (χ4v) is 1.20. The molecule has 0 bridgehead atoms. The van der Waals surface area contributed by atoms with E-state index in [1.807, 2.05) is 13.8 Å². The van der Waals surface area contributed by atoms with Crippen LogP contribution in [-0.2, 0) is 9.53 Å². The van der Waals surface area contributed by atoms with Gasteiger partial charge in [-0.3, -0.25) is 4.79 Å². The van der Waals surface area contributed by atoms with Crippen LogP contribution in [0.15, 0.2) is 0 Å². The molecule has 0 aliphatic rings. The van der Waals surface area contributed by atoms with Gasteiger partial charge in [0.25, 0.3) is 0 Å². The maximum absolute atomic E-state index is 11.2. The first-order valence-electron chi connectivity index (χ1n) is 5.56. The molecular weight excluding hydrogens is 192 g/mol. The molecule has 15 heavy (non-hydrogen) atoms. The van der Waals surface area contributed by atoms with E-state index in [0.29, 0.717) is 19.1 Å². The highest BCUT2D eigenvalue weighted by Crippen LogP contribution is 2.11. The Morgan fingerprint density at radius 1 is 1.60 bits per heavy atom. The molecule has 3 N–H and O–H groups in total. The molecule has 0 aromatic heterocycles. The molecule has 90 valence electrons. The van der Waals surface area contributed by atoms with E-state index in [1.54, 1.807) is 7.05 Å². The van der Waals surface area contributed by atoms with Gasteiger partial charge < -0.3 is 15.8 Å². The Morgan fingerprint density at radius 3 is 2.60 bits per heavy atom. The van der Waals surface area contributed by atoms with Crippen molar-refractivity contribution >= 4 is 5.91 Å². The summed E-state index contributed by atoms with van der Waals surface area (Å²) in [5.41, 5.74) is 4.70. The van der Waals surface area contributed by atoms with Crippen molar-refractivity contribution in [3.8, 4) is 0 Å². The van der Waals surface area contributed by atoms with Crippen LogP contribution in [0.5, 0.6) is 0 Å². The monoisotopic (exact) mass is 216 g/mol. The zero-order valence-corrected chi connectivity index (χ0v) is 10.3. The molecule has 0 saturated carbocycles. The first kappa shape index (κ1) is 14.4. The summed E-state index contributed by atoms with van der Waals surface area (Å²) in [7, 11) is 1.75. The van der Waals surface area contributed by atoms with Gasteiger partial charge in [0.05, 0.1) is 11.6 Å². The molecule has 0 spiro atoms. The summed E-state index contributed by atoms with van der Waals surface area (Å²) < 4.78 is 5.53. The van der Waals surface area contributed by atoms with Crippen LogP contribution < -0.4 is 11.1 Å². The first-order valence-corrected chi connectivity index (χ1v) is 5.56. The molecule has 0 aromatic rings. The highest BCUT2D eigenvalue weighted by Gasteiger charge is 2.27. The maximum atomic E-state index is 11.2. The van der Waals surface area contributed by atoms with Crippen molar-refractivity contribution in [3.05, 3.63) is 0 Å². The Kier molecular flexibility index (Phi) is 6.52. The molecule has 0 aromatic carbocycles. The summed E-state index contributed by atoms with van der Waals surface area (Å²) in [4.78, 5) is 11.2. The average Bonchev–Trinajstić information content (AvgIpc) is 2.23. The average molecular weight is 216 g/mol. The molecule has 0 aliphatic heterocycles. The normalized spacial score (nSPS) is 17.1. The molecule has 0 heterocycles. The van der Waals surface area contributed by atoms with Crippen molar-refractivity contribution in [1.82, 2.24) is 5.32 Å². The molecule has 0 rings (SSSR count). The zero-order chi connectivity index (χ0) is 11.9. The van der Waals surface area contributed by atoms with Crippen LogP contribution in [-0.4, -0.2) is 31.2 Å². The lowest BCUT2D eigenvalue weighted by molar-refractivity contribution is -0.124. The smallest absolute Gasteiger partial charge is 0.237 e. The Labute approximate surface area is 92.6 Å². The third-order valence-corrected chi connectivity index (χ3v) is 2.89. The molecule has 0 fully saturated rings. The predicted molar refractivity (Wildman–Crippen MR) is 61.6 cm³/mol. The van der Waals surface area contributed by atoms with Crippen LogP contribution in [0.4, 0.5) is 0 Å². The lowest BCUT2D eigenvalue weighted by Crippen LogP contribution is -2.51. The fraction of sp³-hybridized carbons (Fsp3) is 0.909. The number of amides is 1. The van der Waals surface area contributed by atoms with Crippen molar-refractivity contribution in [3.63, 3.8) is 0 Å². The van der Waals surface area contributed by atoms with Gasteiger partial charge in [0.15, 0.2) is 0 Å². The van der Waals surface area contributed by atoms with Crippen LogP contribution in [0, 0.1) is 0 Å². The van der Waals surface area contributed by atoms with Gasteiger partial charge in [0, 0.05) is 6.61 Å². The van der Waals surface area contributed by atoms with Gasteiger partial charge in [-0.2, -0.15) is 0 Å². The topological polar surface area (TPSA) is 64.3 Å². The van der Waals surface area contributed by atoms with Crippen LogP contribution in [0.1, 0.15) is 40.0 Å². The van der Waals surface area contributed by atoms with Crippen LogP contribution in [0.25, 0.3) is 0 Å². The van der Waals surface area contributed by atoms with E-state index in [2.05, 4.69) is 12.2 Å².